The molecule has 1 fully saturated rings. The van der Waals surface area contributed by atoms with Crippen LogP contribution in [-0.4, -0.2) is 51.8 Å². The molecule has 0 aliphatic carbocycles. The molecule has 2 atom stereocenters. The van der Waals surface area contributed by atoms with Crippen LogP contribution in [0.2, 0.25) is 0 Å². The van der Waals surface area contributed by atoms with Crippen LogP contribution in [0.25, 0.3) is 0 Å². The van der Waals surface area contributed by atoms with E-state index in [-0.39, 0.29) is 24.1 Å². The minimum absolute atomic E-state index is 0.0187. The topological polar surface area (TPSA) is 80.3 Å². The van der Waals surface area contributed by atoms with Crippen molar-refractivity contribution in [2.75, 3.05) is 33.5 Å². The predicted molar refractivity (Wildman–Crippen MR) is 130 cm³/mol. The smallest absolute Gasteiger partial charge is 0.308 e. The van der Waals surface area contributed by atoms with Crippen molar-refractivity contribution >= 4 is 11.9 Å². The molecule has 0 N–H and O–H groups in total. The standard InChI is InChI=1S/C27H42O7/c1-3-31-25(28)15-11-19-32-24-14-10-12-22(21-24)20-23(27(29)30-2)13-6-4-5-8-17-33-26-16-7-9-18-34-26/h10,12,14,21,23,26H,3-9,11,13,15-20H2,1-2H3. The third-order valence-electron chi connectivity index (χ3n) is 5.90. The van der Waals surface area contributed by atoms with Crippen LogP contribution in [-0.2, 0) is 35.0 Å². The monoisotopic (exact) mass is 478 g/mol. The van der Waals surface area contributed by atoms with Crippen LogP contribution < -0.4 is 4.74 Å². The Hall–Kier alpha value is -2.12. The quantitative estimate of drug-likeness (QED) is 0.224. The Bertz CT molecular complexity index is 700. The minimum atomic E-state index is -0.202. The van der Waals surface area contributed by atoms with Gasteiger partial charge in [-0.05, 0) is 69.6 Å². The molecule has 0 spiro atoms. The van der Waals surface area contributed by atoms with E-state index in [2.05, 4.69) is 0 Å². The maximum absolute atomic E-state index is 12.3. The lowest BCUT2D eigenvalue weighted by molar-refractivity contribution is -0.162. The molecular weight excluding hydrogens is 436 g/mol. The summed E-state index contributed by atoms with van der Waals surface area (Å²) >= 11 is 0. The highest BCUT2D eigenvalue weighted by Crippen LogP contribution is 2.22. The third-order valence-corrected chi connectivity index (χ3v) is 5.90. The van der Waals surface area contributed by atoms with E-state index in [4.69, 9.17) is 23.7 Å². The third kappa shape index (κ3) is 11.8. The largest absolute Gasteiger partial charge is 0.494 e. The molecule has 34 heavy (non-hydrogen) atoms. The predicted octanol–water partition coefficient (Wildman–Crippen LogP) is 5.23. The Kier molecular flexibility index (Phi) is 14.3. The van der Waals surface area contributed by atoms with Crippen LogP contribution in [0.5, 0.6) is 5.75 Å². The summed E-state index contributed by atoms with van der Waals surface area (Å²) < 4.78 is 27.1. The Balaban J connectivity index is 1.67. The number of ether oxygens (including phenoxy) is 5. The van der Waals surface area contributed by atoms with Crippen LogP contribution >= 0.6 is 0 Å². The van der Waals surface area contributed by atoms with E-state index in [1.165, 1.54) is 13.5 Å². The molecule has 2 unspecified atom stereocenters. The fraction of sp³-hybridized carbons (Fsp3) is 0.704. The van der Waals surface area contributed by atoms with Gasteiger partial charge in [-0.3, -0.25) is 9.59 Å². The number of carbonyl (C=O) groups excluding carboxylic acids is 2. The maximum Gasteiger partial charge on any atom is 0.308 e. The first kappa shape index (κ1) is 28.1. The number of methoxy groups -OCH3 is 1. The van der Waals surface area contributed by atoms with Crippen molar-refractivity contribution in [3.05, 3.63) is 29.8 Å². The van der Waals surface area contributed by atoms with Gasteiger partial charge in [0.05, 0.1) is 26.2 Å². The summed E-state index contributed by atoms with van der Waals surface area (Å²) in [5.41, 5.74) is 1.04. The van der Waals surface area contributed by atoms with Crippen molar-refractivity contribution in [3.8, 4) is 5.75 Å². The van der Waals surface area contributed by atoms with Gasteiger partial charge in [0.25, 0.3) is 0 Å². The van der Waals surface area contributed by atoms with Gasteiger partial charge in [0.15, 0.2) is 6.29 Å². The number of benzene rings is 1. The molecule has 7 heteroatoms. The van der Waals surface area contributed by atoms with Gasteiger partial charge in [-0.25, -0.2) is 0 Å². The lowest BCUT2D eigenvalue weighted by atomic mass is 9.93. The molecule has 0 aromatic heterocycles. The maximum atomic E-state index is 12.3. The van der Waals surface area contributed by atoms with E-state index in [1.807, 2.05) is 24.3 Å². The molecule has 192 valence electrons. The fourth-order valence-electron chi connectivity index (χ4n) is 4.06. The first-order valence-electron chi connectivity index (χ1n) is 12.8. The van der Waals surface area contributed by atoms with Gasteiger partial charge in [0.1, 0.15) is 5.75 Å². The number of hydrogen-bond acceptors (Lipinski definition) is 7. The SMILES string of the molecule is CCOC(=O)CCCOc1cccc(CC(CCCCCCOC2CCCCO2)C(=O)OC)c1. The van der Waals surface area contributed by atoms with E-state index < -0.39 is 0 Å². The van der Waals surface area contributed by atoms with Crippen molar-refractivity contribution in [3.63, 3.8) is 0 Å². The lowest BCUT2D eigenvalue weighted by Gasteiger charge is -2.22. The Labute approximate surface area is 204 Å². The number of carbonyl (C=O) groups is 2. The molecule has 1 aromatic carbocycles. The molecule has 7 nitrogen and oxygen atoms in total. The Morgan fingerprint density at radius 1 is 1.09 bits per heavy atom. The van der Waals surface area contributed by atoms with E-state index >= 15 is 0 Å². The Morgan fingerprint density at radius 3 is 2.71 bits per heavy atom. The number of hydrogen-bond donors (Lipinski definition) is 0. The van der Waals surface area contributed by atoms with E-state index in [0.717, 1.165) is 69.5 Å². The van der Waals surface area contributed by atoms with E-state index in [9.17, 15) is 9.59 Å². The summed E-state index contributed by atoms with van der Waals surface area (Å²) in [6.45, 7) is 4.18. The zero-order valence-corrected chi connectivity index (χ0v) is 20.9. The molecule has 0 bridgehead atoms. The van der Waals surface area contributed by atoms with E-state index in [0.29, 0.717) is 32.5 Å². The lowest BCUT2D eigenvalue weighted by Crippen LogP contribution is -2.22. The van der Waals surface area contributed by atoms with Crippen molar-refractivity contribution in [1.82, 2.24) is 0 Å². The molecule has 1 aliphatic rings. The molecule has 1 heterocycles. The molecule has 1 saturated heterocycles. The highest BCUT2D eigenvalue weighted by molar-refractivity contribution is 5.72. The minimum Gasteiger partial charge on any atom is -0.494 e. The second kappa shape index (κ2) is 17.3. The van der Waals surface area contributed by atoms with Crippen LogP contribution in [0.4, 0.5) is 0 Å². The average Bonchev–Trinajstić information content (AvgIpc) is 2.86. The second-order valence-electron chi connectivity index (χ2n) is 8.70. The molecule has 1 aliphatic heterocycles. The number of esters is 2. The molecular formula is C27H42O7. The van der Waals surface area contributed by atoms with Gasteiger partial charge in [0, 0.05) is 19.6 Å². The molecule has 2 rings (SSSR count). The van der Waals surface area contributed by atoms with E-state index in [1.54, 1.807) is 6.92 Å². The highest BCUT2D eigenvalue weighted by Gasteiger charge is 2.20. The summed E-state index contributed by atoms with van der Waals surface area (Å²) in [5, 5.41) is 0. The van der Waals surface area contributed by atoms with Crippen molar-refractivity contribution in [2.24, 2.45) is 5.92 Å². The summed E-state index contributed by atoms with van der Waals surface area (Å²) in [5.74, 6) is 0.202. The molecule has 1 aromatic rings. The van der Waals surface area contributed by atoms with Crippen LogP contribution in [0.3, 0.4) is 0 Å². The molecule has 0 radical (unpaired) electrons. The summed E-state index contributed by atoms with van der Waals surface area (Å²) in [6.07, 6.45) is 9.79. The summed E-state index contributed by atoms with van der Waals surface area (Å²) in [7, 11) is 1.45. The van der Waals surface area contributed by atoms with Gasteiger partial charge in [0.2, 0.25) is 0 Å². The highest BCUT2D eigenvalue weighted by atomic mass is 16.7. The van der Waals surface area contributed by atoms with Crippen molar-refractivity contribution < 1.29 is 33.3 Å². The zero-order chi connectivity index (χ0) is 24.4. The Morgan fingerprint density at radius 2 is 1.94 bits per heavy atom. The van der Waals surface area contributed by atoms with Gasteiger partial charge < -0.3 is 23.7 Å². The first-order valence-corrected chi connectivity index (χ1v) is 12.8. The molecule has 0 saturated carbocycles. The van der Waals surface area contributed by atoms with Crippen LogP contribution in [0.1, 0.15) is 76.7 Å². The average molecular weight is 479 g/mol. The van der Waals surface area contributed by atoms with Crippen LogP contribution in [0, 0.1) is 5.92 Å². The van der Waals surface area contributed by atoms with Crippen molar-refractivity contribution in [1.29, 1.82) is 0 Å². The van der Waals surface area contributed by atoms with Crippen molar-refractivity contribution in [2.45, 2.75) is 83.8 Å². The fourth-order valence-corrected chi connectivity index (χ4v) is 4.06. The number of unbranched alkanes of at least 4 members (excludes halogenated alkanes) is 3. The first-order chi connectivity index (χ1) is 16.6. The zero-order valence-electron chi connectivity index (χ0n) is 20.9. The van der Waals surface area contributed by atoms with Gasteiger partial charge in [-0.1, -0.05) is 31.4 Å². The number of rotatable bonds is 17. The van der Waals surface area contributed by atoms with Gasteiger partial charge in [-0.15, -0.1) is 0 Å². The van der Waals surface area contributed by atoms with Gasteiger partial charge in [-0.2, -0.15) is 0 Å². The van der Waals surface area contributed by atoms with Crippen LogP contribution in [0.15, 0.2) is 24.3 Å². The normalized spacial score (nSPS) is 16.6. The summed E-state index contributed by atoms with van der Waals surface area (Å²) in [4.78, 5) is 23.8. The second-order valence-corrected chi connectivity index (χ2v) is 8.70. The molecule has 0 amide bonds. The summed E-state index contributed by atoms with van der Waals surface area (Å²) in [6, 6.07) is 7.79. The van der Waals surface area contributed by atoms with Gasteiger partial charge >= 0.3 is 11.9 Å².